The van der Waals surface area contributed by atoms with Gasteiger partial charge in [0.1, 0.15) is 0 Å². The van der Waals surface area contributed by atoms with Crippen LogP contribution in [0.5, 0.6) is 0 Å². The summed E-state index contributed by atoms with van der Waals surface area (Å²) in [6.07, 6.45) is 3.92. The van der Waals surface area contributed by atoms with Crippen LogP contribution >= 0.6 is 0 Å². The summed E-state index contributed by atoms with van der Waals surface area (Å²) >= 11 is 0. The van der Waals surface area contributed by atoms with Crippen LogP contribution in [0.4, 0.5) is 11.4 Å². The van der Waals surface area contributed by atoms with E-state index in [-0.39, 0.29) is 6.04 Å². The van der Waals surface area contributed by atoms with Gasteiger partial charge in [0.25, 0.3) is 10.2 Å². The van der Waals surface area contributed by atoms with Gasteiger partial charge in [-0.15, -0.1) is 0 Å². The summed E-state index contributed by atoms with van der Waals surface area (Å²) in [5, 5.41) is 3.37. The van der Waals surface area contributed by atoms with Crippen LogP contribution in [0, 0.1) is 0 Å². The maximum Gasteiger partial charge on any atom is 0.299 e. The lowest BCUT2D eigenvalue weighted by atomic mass is 9.98. The van der Waals surface area contributed by atoms with E-state index in [2.05, 4.69) is 21.7 Å². The van der Waals surface area contributed by atoms with E-state index < -0.39 is 10.2 Å². The molecule has 1 fully saturated rings. The Morgan fingerprint density at radius 1 is 1.26 bits per heavy atom. The minimum absolute atomic E-state index is 0.115. The van der Waals surface area contributed by atoms with Crippen LogP contribution in [0.3, 0.4) is 0 Å². The lowest BCUT2D eigenvalue weighted by molar-refractivity contribution is 0.586. The number of anilines is 2. The van der Waals surface area contributed by atoms with E-state index >= 15 is 0 Å². The minimum Gasteiger partial charge on any atom is -0.381 e. The maximum atomic E-state index is 12.0. The second-order valence-electron chi connectivity index (χ2n) is 5.42. The van der Waals surface area contributed by atoms with E-state index in [9.17, 15) is 8.42 Å². The molecule has 1 aliphatic heterocycles. The number of nitrogens with one attached hydrogen (secondary N) is 3. The molecule has 1 heterocycles. The Bertz CT molecular complexity index is 582. The van der Waals surface area contributed by atoms with Crippen molar-refractivity contribution in [3.63, 3.8) is 0 Å². The van der Waals surface area contributed by atoms with Crippen molar-refractivity contribution in [2.24, 2.45) is 0 Å². The Morgan fingerprint density at radius 2 is 2.05 bits per heavy atom. The van der Waals surface area contributed by atoms with Gasteiger partial charge < -0.3 is 5.32 Å². The molecule has 0 saturated heterocycles. The van der Waals surface area contributed by atoms with Crippen LogP contribution in [0.1, 0.15) is 31.7 Å². The van der Waals surface area contributed by atoms with Crippen molar-refractivity contribution in [3.8, 4) is 0 Å². The maximum absolute atomic E-state index is 12.0. The zero-order chi connectivity index (χ0) is 13.5. The first-order chi connectivity index (χ1) is 9.03. The molecule has 0 spiro atoms. The number of hydrogen-bond acceptors (Lipinski definition) is 3. The first-order valence-electron chi connectivity index (χ1n) is 6.72. The Hall–Kier alpha value is -1.27. The van der Waals surface area contributed by atoms with E-state index in [1.54, 1.807) is 6.07 Å². The summed E-state index contributed by atoms with van der Waals surface area (Å²) in [6.45, 7) is 2.11. The van der Waals surface area contributed by atoms with Crippen LogP contribution in [-0.2, 0) is 16.6 Å². The smallest absolute Gasteiger partial charge is 0.299 e. The van der Waals surface area contributed by atoms with Crippen molar-refractivity contribution >= 4 is 21.6 Å². The summed E-state index contributed by atoms with van der Waals surface area (Å²) in [7, 11) is -3.46. The number of aryl methyl sites for hydroxylation is 1. The molecule has 2 aliphatic rings. The molecule has 1 unspecified atom stereocenters. The first-order valence-corrected chi connectivity index (χ1v) is 8.20. The molecule has 0 aromatic heterocycles. The molecule has 1 aromatic rings. The fraction of sp³-hybridized carbons (Fsp3) is 0.538. The van der Waals surface area contributed by atoms with Gasteiger partial charge in [-0.3, -0.25) is 4.72 Å². The highest BCUT2D eigenvalue weighted by Gasteiger charge is 2.27. The molecule has 104 valence electrons. The van der Waals surface area contributed by atoms with Crippen molar-refractivity contribution in [2.45, 2.75) is 44.7 Å². The van der Waals surface area contributed by atoms with E-state index in [0.29, 0.717) is 11.7 Å². The predicted octanol–water partition coefficient (Wildman–Crippen LogP) is 1.84. The Balaban J connectivity index is 1.84. The molecule has 0 bridgehead atoms. The molecule has 0 amide bonds. The average Bonchev–Trinajstić information content (AvgIpc) is 3.12. The normalized spacial score (nSPS) is 22.5. The van der Waals surface area contributed by atoms with E-state index in [1.807, 2.05) is 12.1 Å². The third-order valence-electron chi connectivity index (χ3n) is 3.53. The quantitative estimate of drug-likeness (QED) is 0.788. The second kappa shape index (κ2) is 4.68. The van der Waals surface area contributed by atoms with Crippen LogP contribution < -0.4 is 14.8 Å². The molecule has 0 radical (unpaired) electrons. The van der Waals surface area contributed by atoms with Gasteiger partial charge in [0.05, 0.1) is 11.4 Å². The van der Waals surface area contributed by atoms with Gasteiger partial charge in [-0.1, -0.05) is 12.1 Å². The van der Waals surface area contributed by atoms with Crippen LogP contribution in [0.2, 0.25) is 0 Å². The molecule has 3 N–H and O–H groups in total. The lowest BCUT2D eigenvalue weighted by Crippen LogP contribution is -2.32. The molecular formula is C13H19N3O2S. The SMILES string of the molecule is CC1CCc2cccc(NS(=O)(=O)NC3CC3)c2N1. The first kappa shape index (κ1) is 12.7. The van der Waals surface area contributed by atoms with Crippen molar-refractivity contribution < 1.29 is 8.42 Å². The summed E-state index contributed by atoms with van der Waals surface area (Å²) in [5.41, 5.74) is 2.73. The summed E-state index contributed by atoms with van der Waals surface area (Å²) in [4.78, 5) is 0. The van der Waals surface area contributed by atoms with Crippen molar-refractivity contribution in [1.29, 1.82) is 0 Å². The molecule has 3 rings (SSSR count). The van der Waals surface area contributed by atoms with Gasteiger partial charge in [-0.05, 0) is 44.2 Å². The third kappa shape index (κ3) is 3.01. The molecular weight excluding hydrogens is 262 g/mol. The molecule has 1 aromatic carbocycles. The van der Waals surface area contributed by atoms with Crippen molar-refractivity contribution in [1.82, 2.24) is 4.72 Å². The van der Waals surface area contributed by atoms with Gasteiger partial charge in [-0.25, -0.2) is 0 Å². The van der Waals surface area contributed by atoms with E-state index in [1.165, 1.54) is 5.56 Å². The van der Waals surface area contributed by atoms with Crippen molar-refractivity contribution in [2.75, 3.05) is 10.0 Å². The zero-order valence-corrected chi connectivity index (χ0v) is 11.8. The average molecular weight is 281 g/mol. The summed E-state index contributed by atoms with van der Waals surface area (Å²) < 4.78 is 29.2. The fourth-order valence-electron chi connectivity index (χ4n) is 2.35. The summed E-state index contributed by atoms with van der Waals surface area (Å²) in [6, 6.07) is 6.22. The summed E-state index contributed by atoms with van der Waals surface area (Å²) in [5.74, 6) is 0. The number of benzene rings is 1. The van der Waals surface area contributed by atoms with Crippen LogP contribution in [-0.4, -0.2) is 20.5 Å². The third-order valence-corrected chi connectivity index (χ3v) is 4.66. The highest BCUT2D eigenvalue weighted by Crippen LogP contribution is 2.32. The van der Waals surface area contributed by atoms with Gasteiger partial charge >= 0.3 is 0 Å². The standard InChI is InChI=1S/C13H19N3O2S/c1-9-5-6-10-3-2-4-12(13(10)14-9)16-19(17,18)15-11-7-8-11/h2-4,9,11,14-16H,5-8H2,1H3. The predicted molar refractivity (Wildman–Crippen MR) is 76.5 cm³/mol. The number of fused-ring (bicyclic) bond motifs is 1. The van der Waals surface area contributed by atoms with Gasteiger partial charge in [0.2, 0.25) is 0 Å². The molecule has 1 saturated carbocycles. The Morgan fingerprint density at radius 3 is 2.79 bits per heavy atom. The molecule has 5 nitrogen and oxygen atoms in total. The minimum atomic E-state index is -3.46. The Kier molecular flexibility index (Phi) is 3.14. The molecule has 6 heteroatoms. The monoisotopic (exact) mass is 281 g/mol. The van der Waals surface area contributed by atoms with Gasteiger partial charge in [0.15, 0.2) is 0 Å². The number of rotatable bonds is 4. The topological polar surface area (TPSA) is 70.2 Å². The number of para-hydroxylation sites is 1. The largest absolute Gasteiger partial charge is 0.381 e. The van der Waals surface area contributed by atoms with Crippen molar-refractivity contribution in [3.05, 3.63) is 23.8 Å². The van der Waals surface area contributed by atoms with Crippen LogP contribution in [0.15, 0.2) is 18.2 Å². The van der Waals surface area contributed by atoms with Gasteiger partial charge in [-0.2, -0.15) is 13.1 Å². The fourth-order valence-corrected chi connectivity index (χ4v) is 3.54. The second-order valence-corrected chi connectivity index (χ2v) is 6.87. The molecule has 1 atom stereocenters. The van der Waals surface area contributed by atoms with E-state index in [0.717, 1.165) is 31.4 Å². The van der Waals surface area contributed by atoms with Gasteiger partial charge in [0, 0.05) is 12.1 Å². The Labute approximate surface area is 114 Å². The highest BCUT2D eigenvalue weighted by molar-refractivity contribution is 7.90. The van der Waals surface area contributed by atoms with E-state index in [4.69, 9.17) is 0 Å². The number of hydrogen-bond donors (Lipinski definition) is 3. The lowest BCUT2D eigenvalue weighted by Gasteiger charge is -2.26. The molecule has 19 heavy (non-hydrogen) atoms. The highest BCUT2D eigenvalue weighted by atomic mass is 32.2. The molecule has 1 aliphatic carbocycles. The van der Waals surface area contributed by atoms with Crippen LogP contribution in [0.25, 0.3) is 0 Å². The zero-order valence-electron chi connectivity index (χ0n) is 10.9.